The molecule has 0 aliphatic carbocycles. The minimum Gasteiger partial charge on any atom is -0.491 e. The Morgan fingerprint density at radius 1 is 1.00 bits per heavy atom. The number of nitrogens with one attached hydrogen (secondary N) is 1. The topological polar surface area (TPSA) is 50.7 Å². The molecular weight excluding hydrogens is 302 g/mol. The molecule has 4 nitrogen and oxygen atoms in total. The zero-order chi connectivity index (χ0) is 17.0. The van der Waals surface area contributed by atoms with Crippen molar-refractivity contribution in [1.82, 2.24) is 5.32 Å². The van der Waals surface area contributed by atoms with Crippen LogP contribution in [0.5, 0.6) is 5.75 Å². The largest absolute Gasteiger partial charge is 0.491 e. The molecule has 0 saturated heterocycles. The zero-order valence-electron chi connectivity index (χ0n) is 14.3. The lowest BCUT2D eigenvalue weighted by molar-refractivity contribution is 0.109. The molecule has 0 radical (unpaired) electrons. The van der Waals surface area contributed by atoms with Gasteiger partial charge in [0.05, 0.1) is 13.2 Å². The molecular formula is C20H27NO3. The van der Waals surface area contributed by atoms with E-state index >= 15 is 0 Å². The molecule has 0 spiro atoms. The second-order valence-corrected chi connectivity index (χ2v) is 5.50. The third-order valence-corrected chi connectivity index (χ3v) is 3.77. The minimum absolute atomic E-state index is 0.0860. The van der Waals surface area contributed by atoms with E-state index in [2.05, 4.69) is 23.5 Å². The van der Waals surface area contributed by atoms with Crippen molar-refractivity contribution in [3.63, 3.8) is 0 Å². The number of para-hydroxylation sites is 1. The van der Waals surface area contributed by atoms with Gasteiger partial charge in [0.1, 0.15) is 12.4 Å². The van der Waals surface area contributed by atoms with E-state index in [0.717, 1.165) is 17.7 Å². The van der Waals surface area contributed by atoms with Crippen LogP contribution in [0, 0.1) is 0 Å². The Balaban J connectivity index is 2.12. The maximum Gasteiger partial charge on any atom is 0.124 e. The number of rotatable bonds is 11. The van der Waals surface area contributed by atoms with E-state index in [0.29, 0.717) is 26.4 Å². The molecule has 1 atom stereocenters. The highest BCUT2D eigenvalue weighted by atomic mass is 16.5. The van der Waals surface area contributed by atoms with Crippen molar-refractivity contribution in [2.45, 2.75) is 19.4 Å². The third-order valence-electron chi connectivity index (χ3n) is 3.77. The van der Waals surface area contributed by atoms with Crippen molar-refractivity contribution in [3.8, 4) is 5.75 Å². The molecule has 24 heavy (non-hydrogen) atoms. The van der Waals surface area contributed by atoms with Gasteiger partial charge in [-0.2, -0.15) is 0 Å². The first-order valence-electron chi connectivity index (χ1n) is 8.52. The average Bonchev–Trinajstić information content (AvgIpc) is 2.63. The van der Waals surface area contributed by atoms with Gasteiger partial charge in [-0.05, 0) is 25.0 Å². The SMILES string of the molecule is CCOCCOc1ccccc1C(Cc1ccccc1)NCCO. The van der Waals surface area contributed by atoms with Gasteiger partial charge in [0.2, 0.25) is 0 Å². The molecule has 0 bridgehead atoms. The summed E-state index contributed by atoms with van der Waals surface area (Å²) in [5, 5.41) is 12.6. The van der Waals surface area contributed by atoms with Crippen LogP contribution in [0.2, 0.25) is 0 Å². The van der Waals surface area contributed by atoms with Gasteiger partial charge in [-0.15, -0.1) is 0 Å². The predicted molar refractivity (Wildman–Crippen MR) is 96.4 cm³/mol. The van der Waals surface area contributed by atoms with E-state index in [1.54, 1.807) is 0 Å². The number of benzene rings is 2. The molecule has 1 unspecified atom stereocenters. The summed E-state index contributed by atoms with van der Waals surface area (Å²) in [5.41, 5.74) is 2.35. The lowest BCUT2D eigenvalue weighted by Gasteiger charge is -2.22. The Morgan fingerprint density at radius 2 is 1.75 bits per heavy atom. The van der Waals surface area contributed by atoms with Crippen LogP contribution in [0.15, 0.2) is 54.6 Å². The summed E-state index contributed by atoms with van der Waals surface area (Å²) in [7, 11) is 0. The maximum atomic E-state index is 9.19. The highest BCUT2D eigenvalue weighted by Crippen LogP contribution is 2.27. The van der Waals surface area contributed by atoms with E-state index < -0.39 is 0 Å². The summed E-state index contributed by atoms with van der Waals surface area (Å²) in [5.74, 6) is 0.864. The van der Waals surface area contributed by atoms with E-state index in [1.165, 1.54) is 5.56 Å². The van der Waals surface area contributed by atoms with Crippen molar-refractivity contribution in [2.24, 2.45) is 0 Å². The zero-order valence-corrected chi connectivity index (χ0v) is 14.3. The first-order chi connectivity index (χ1) is 11.8. The number of ether oxygens (including phenoxy) is 2. The van der Waals surface area contributed by atoms with Gasteiger partial charge in [-0.25, -0.2) is 0 Å². The molecule has 130 valence electrons. The monoisotopic (exact) mass is 329 g/mol. The highest BCUT2D eigenvalue weighted by molar-refractivity contribution is 5.37. The van der Waals surface area contributed by atoms with Crippen LogP contribution in [-0.4, -0.2) is 38.1 Å². The van der Waals surface area contributed by atoms with Gasteiger partial charge >= 0.3 is 0 Å². The summed E-state index contributed by atoms with van der Waals surface area (Å²) in [6, 6.07) is 18.5. The second-order valence-electron chi connectivity index (χ2n) is 5.50. The molecule has 0 fully saturated rings. The van der Waals surface area contributed by atoms with Gasteiger partial charge < -0.3 is 19.9 Å². The Morgan fingerprint density at radius 3 is 2.50 bits per heavy atom. The average molecular weight is 329 g/mol. The van der Waals surface area contributed by atoms with Crippen LogP contribution in [-0.2, 0) is 11.2 Å². The van der Waals surface area contributed by atoms with Crippen molar-refractivity contribution < 1.29 is 14.6 Å². The Hall–Kier alpha value is -1.88. The molecule has 0 aliphatic rings. The van der Waals surface area contributed by atoms with E-state index in [9.17, 15) is 5.11 Å². The molecule has 0 amide bonds. The van der Waals surface area contributed by atoms with Crippen molar-refractivity contribution >= 4 is 0 Å². The Bertz CT molecular complexity index is 574. The van der Waals surface area contributed by atoms with Crippen molar-refractivity contribution in [1.29, 1.82) is 0 Å². The van der Waals surface area contributed by atoms with Crippen LogP contribution in [0.3, 0.4) is 0 Å². The van der Waals surface area contributed by atoms with Crippen molar-refractivity contribution in [3.05, 3.63) is 65.7 Å². The molecule has 0 saturated carbocycles. The maximum absolute atomic E-state index is 9.19. The smallest absolute Gasteiger partial charge is 0.124 e. The van der Waals surface area contributed by atoms with Gasteiger partial charge in [-0.3, -0.25) is 0 Å². The van der Waals surface area contributed by atoms with Crippen LogP contribution in [0.25, 0.3) is 0 Å². The third kappa shape index (κ3) is 5.96. The number of hydrogen-bond donors (Lipinski definition) is 2. The highest BCUT2D eigenvalue weighted by Gasteiger charge is 2.16. The molecule has 2 rings (SSSR count). The van der Waals surface area contributed by atoms with Gasteiger partial charge in [0.15, 0.2) is 0 Å². The molecule has 0 heterocycles. The Kier molecular flexibility index (Phi) is 8.32. The number of hydrogen-bond acceptors (Lipinski definition) is 4. The van der Waals surface area contributed by atoms with Crippen molar-refractivity contribution in [2.75, 3.05) is 33.0 Å². The first kappa shape index (κ1) is 18.5. The fourth-order valence-corrected chi connectivity index (χ4v) is 2.64. The normalized spacial score (nSPS) is 12.1. The summed E-state index contributed by atoms with van der Waals surface area (Å²) >= 11 is 0. The van der Waals surface area contributed by atoms with E-state index in [4.69, 9.17) is 9.47 Å². The molecule has 0 aliphatic heterocycles. The second kappa shape index (κ2) is 10.8. The van der Waals surface area contributed by atoms with E-state index in [1.807, 2.05) is 43.3 Å². The predicted octanol–water partition coefficient (Wildman–Crippen LogP) is 2.97. The molecule has 2 N–H and O–H groups in total. The van der Waals surface area contributed by atoms with Crippen LogP contribution in [0.4, 0.5) is 0 Å². The summed E-state index contributed by atoms with van der Waals surface area (Å²) in [6.07, 6.45) is 0.840. The quantitative estimate of drug-likeness (QED) is 0.622. The fourth-order valence-electron chi connectivity index (χ4n) is 2.64. The number of aliphatic hydroxyl groups is 1. The molecule has 0 aromatic heterocycles. The first-order valence-corrected chi connectivity index (χ1v) is 8.52. The van der Waals surface area contributed by atoms with Gasteiger partial charge in [-0.1, -0.05) is 48.5 Å². The van der Waals surface area contributed by atoms with Crippen LogP contribution in [0.1, 0.15) is 24.1 Å². The molecule has 4 heteroatoms. The van der Waals surface area contributed by atoms with Crippen LogP contribution < -0.4 is 10.1 Å². The summed E-state index contributed by atoms with van der Waals surface area (Å²) in [6.45, 7) is 4.44. The van der Waals surface area contributed by atoms with Gasteiger partial charge in [0.25, 0.3) is 0 Å². The molecule has 2 aromatic rings. The lowest BCUT2D eigenvalue weighted by Crippen LogP contribution is -2.27. The minimum atomic E-state index is 0.0860. The fraction of sp³-hybridized carbons (Fsp3) is 0.400. The van der Waals surface area contributed by atoms with Gasteiger partial charge in [0, 0.05) is 24.8 Å². The Labute approximate surface area is 144 Å². The summed E-state index contributed by atoms with van der Waals surface area (Å²) in [4.78, 5) is 0. The lowest BCUT2D eigenvalue weighted by atomic mass is 9.98. The van der Waals surface area contributed by atoms with Crippen LogP contribution >= 0.6 is 0 Å². The standard InChI is InChI=1S/C20H27NO3/c1-2-23-14-15-24-20-11-7-6-10-18(20)19(21-12-13-22)16-17-8-4-3-5-9-17/h3-11,19,21-22H,2,12-16H2,1H3. The summed E-state index contributed by atoms with van der Waals surface area (Å²) < 4.78 is 11.3. The molecule has 2 aromatic carbocycles. The van der Waals surface area contributed by atoms with E-state index in [-0.39, 0.29) is 12.6 Å². The number of aliphatic hydroxyl groups excluding tert-OH is 1.